The fraction of sp³-hybridized carbons (Fsp3) is 0.710. The number of fused-ring (bicyclic) bond motifs is 2. The Kier molecular flexibility index (Phi) is 7.88. The van der Waals surface area contributed by atoms with E-state index in [0.29, 0.717) is 11.1 Å². The van der Waals surface area contributed by atoms with Crippen LogP contribution in [0.3, 0.4) is 0 Å². The molecule has 2 bridgehead atoms. The maximum Gasteiger partial charge on any atom is 0.348 e. The molecule has 4 N–H and O–H groups in total. The van der Waals surface area contributed by atoms with Crippen LogP contribution < -0.4 is 5.73 Å². The van der Waals surface area contributed by atoms with Gasteiger partial charge in [-0.15, -0.1) is 0 Å². The van der Waals surface area contributed by atoms with Crippen LogP contribution in [0, 0.1) is 34.5 Å². The van der Waals surface area contributed by atoms with Crippen LogP contribution in [0.2, 0.25) is 0 Å². The van der Waals surface area contributed by atoms with Crippen LogP contribution in [0.5, 0.6) is 0 Å². The predicted octanol–water partition coefficient (Wildman–Crippen LogP) is 0.486. The molecule has 11 atom stereocenters. The monoisotopic (exact) mass is 619 g/mol. The summed E-state index contributed by atoms with van der Waals surface area (Å²) in [7, 11) is 1.08. The molecule has 0 aromatic rings. The SMILES string of the molecule is COC(=O)[C@@]12OC[C@]34[C@H]([C@@H](O)[C@@H]1O)[C@@]1(C)CC(=O)C(OC(=O)[C@@H](N)C(C)C)=C(C)[C@@H]1C[C@H]3OC(=O)[C@H](OC(=O)C=C(C)C)[C@@H]24. The summed E-state index contributed by atoms with van der Waals surface area (Å²) in [6.45, 7) is 9.99. The van der Waals surface area contributed by atoms with E-state index in [0.717, 1.165) is 7.11 Å². The number of rotatable bonds is 6. The standard InChI is InChI=1S/C31H41NO12/c1-12(2)8-18(34)43-22-24-30-11-41-31(24,28(39)40-7)25(36)20(35)23(30)29(6)10-16(33)21(44-26(37)19(32)13(3)4)14(5)15(29)9-17(30)42-27(22)38/h8,13,15,17,19-20,22-25,35-36H,9-11,32H2,1-7H3/t15-,17+,19-,20+,22+,23+,24+,25-,29-,30+,31-/m0/s1. The smallest absolute Gasteiger partial charge is 0.348 e. The quantitative estimate of drug-likeness (QED) is 0.211. The average Bonchev–Trinajstić information content (AvgIpc) is 3.24. The molecule has 2 aliphatic heterocycles. The molecule has 44 heavy (non-hydrogen) atoms. The van der Waals surface area contributed by atoms with Crippen LogP contribution >= 0.6 is 0 Å². The van der Waals surface area contributed by atoms with Crippen molar-refractivity contribution in [2.24, 2.45) is 40.2 Å². The molecule has 0 aromatic heterocycles. The first-order valence-corrected chi connectivity index (χ1v) is 14.8. The molecule has 5 aliphatic rings. The number of aliphatic hydroxyl groups is 2. The molecule has 242 valence electrons. The third-order valence-corrected chi connectivity index (χ3v) is 10.7. The summed E-state index contributed by atoms with van der Waals surface area (Å²) in [5.41, 5.74) is 2.25. The van der Waals surface area contributed by atoms with E-state index in [4.69, 9.17) is 29.4 Å². The van der Waals surface area contributed by atoms with Crippen LogP contribution in [-0.2, 0) is 47.7 Å². The second-order valence-electron chi connectivity index (χ2n) is 13.7. The highest BCUT2D eigenvalue weighted by Crippen LogP contribution is 2.72. The number of carbonyl (C=O) groups excluding carboxylic acids is 5. The molecule has 1 spiro atoms. The summed E-state index contributed by atoms with van der Waals surface area (Å²) in [5.74, 6) is -7.37. The van der Waals surface area contributed by atoms with Gasteiger partial charge < -0.3 is 39.6 Å². The summed E-state index contributed by atoms with van der Waals surface area (Å²) in [4.78, 5) is 66.4. The summed E-state index contributed by atoms with van der Waals surface area (Å²) in [6.07, 6.45) is -5.16. The molecule has 2 saturated carbocycles. The normalized spacial score (nSPS) is 41.2. The van der Waals surface area contributed by atoms with E-state index >= 15 is 0 Å². The Labute approximate surface area is 255 Å². The Bertz CT molecular complexity index is 1360. The molecule has 5 rings (SSSR count). The van der Waals surface area contributed by atoms with E-state index in [-0.39, 0.29) is 31.1 Å². The third-order valence-electron chi connectivity index (χ3n) is 10.7. The van der Waals surface area contributed by atoms with Gasteiger partial charge in [0.25, 0.3) is 0 Å². The van der Waals surface area contributed by atoms with Gasteiger partial charge in [-0.3, -0.25) is 4.79 Å². The van der Waals surface area contributed by atoms with Crippen molar-refractivity contribution >= 4 is 29.7 Å². The van der Waals surface area contributed by atoms with Gasteiger partial charge >= 0.3 is 23.9 Å². The Morgan fingerprint density at radius 1 is 1.14 bits per heavy atom. The van der Waals surface area contributed by atoms with E-state index in [9.17, 15) is 34.2 Å². The maximum absolute atomic E-state index is 13.7. The van der Waals surface area contributed by atoms with Crippen LogP contribution in [0.1, 0.15) is 54.4 Å². The molecular formula is C31H41NO12. The molecule has 4 fully saturated rings. The summed E-state index contributed by atoms with van der Waals surface area (Å²) < 4.78 is 28.3. The molecule has 2 saturated heterocycles. The molecule has 0 radical (unpaired) electrons. The van der Waals surface area contributed by atoms with E-state index < -0.39 is 94.3 Å². The second-order valence-corrected chi connectivity index (χ2v) is 13.7. The molecule has 13 nitrogen and oxygen atoms in total. The van der Waals surface area contributed by atoms with Gasteiger partial charge in [-0.2, -0.15) is 0 Å². The highest BCUT2D eigenvalue weighted by atomic mass is 16.6. The Morgan fingerprint density at radius 3 is 2.39 bits per heavy atom. The Morgan fingerprint density at radius 2 is 1.80 bits per heavy atom. The Balaban J connectivity index is 1.66. The number of ether oxygens (including phenoxy) is 5. The van der Waals surface area contributed by atoms with Gasteiger partial charge in [0.05, 0.1) is 25.7 Å². The number of aliphatic hydroxyl groups excluding tert-OH is 2. The zero-order valence-electron chi connectivity index (χ0n) is 25.9. The number of hydrogen-bond donors (Lipinski definition) is 3. The fourth-order valence-electron chi connectivity index (χ4n) is 8.82. The highest BCUT2D eigenvalue weighted by Gasteiger charge is 2.85. The van der Waals surface area contributed by atoms with Gasteiger partial charge in [0, 0.05) is 23.8 Å². The van der Waals surface area contributed by atoms with Crippen LogP contribution in [0.4, 0.5) is 0 Å². The number of Topliss-reactive ketones (excluding diaryl/α,β-unsaturated/α-hetero) is 1. The Hall–Kier alpha value is -3.13. The molecule has 3 aliphatic carbocycles. The van der Waals surface area contributed by atoms with E-state index in [1.54, 1.807) is 41.5 Å². The summed E-state index contributed by atoms with van der Waals surface area (Å²) in [5, 5.41) is 23.6. The molecule has 0 unspecified atom stereocenters. The summed E-state index contributed by atoms with van der Waals surface area (Å²) in [6, 6.07) is -0.963. The lowest BCUT2D eigenvalue weighted by Gasteiger charge is -2.67. The number of esters is 4. The topological polar surface area (TPSA) is 198 Å². The van der Waals surface area contributed by atoms with Crippen LogP contribution in [0.15, 0.2) is 23.0 Å². The largest absolute Gasteiger partial charge is 0.467 e. The first-order chi connectivity index (χ1) is 20.5. The predicted molar refractivity (Wildman–Crippen MR) is 149 cm³/mol. The minimum atomic E-state index is -2.27. The lowest BCUT2D eigenvalue weighted by molar-refractivity contribution is -0.290. The maximum atomic E-state index is 13.7. The molecule has 0 amide bonds. The van der Waals surface area contributed by atoms with Crippen LogP contribution in [-0.4, -0.2) is 89.6 Å². The number of carbonyl (C=O) groups is 5. The van der Waals surface area contributed by atoms with Crippen molar-refractivity contribution in [2.75, 3.05) is 13.7 Å². The van der Waals surface area contributed by atoms with Crippen molar-refractivity contribution in [1.82, 2.24) is 0 Å². The third kappa shape index (κ3) is 4.22. The van der Waals surface area contributed by atoms with Crippen molar-refractivity contribution in [1.29, 1.82) is 0 Å². The van der Waals surface area contributed by atoms with Gasteiger partial charge in [-0.1, -0.05) is 26.3 Å². The second kappa shape index (κ2) is 10.7. The molecule has 0 aromatic carbocycles. The number of allylic oxidation sites excluding steroid dienone is 3. The minimum Gasteiger partial charge on any atom is -0.467 e. The van der Waals surface area contributed by atoms with Gasteiger partial charge in [-0.05, 0) is 50.0 Å². The first-order valence-electron chi connectivity index (χ1n) is 14.8. The highest BCUT2D eigenvalue weighted by molar-refractivity contribution is 5.98. The average molecular weight is 620 g/mol. The lowest BCUT2D eigenvalue weighted by atomic mass is 9.38. The van der Waals surface area contributed by atoms with Crippen LogP contribution in [0.25, 0.3) is 0 Å². The van der Waals surface area contributed by atoms with Crippen molar-refractivity contribution < 1.29 is 57.9 Å². The summed E-state index contributed by atoms with van der Waals surface area (Å²) >= 11 is 0. The van der Waals surface area contributed by atoms with Gasteiger partial charge in [0.15, 0.2) is 11.5 Å². The van der Waals surface area contributed by atoms with E-state index in [1.807, 2.05) is 0 Å². The van der Waals surface area contributed by atoms with E-state index in [1.165, 1.54) is 6.08 Å². The minimum absolute atomic E-state index is 0.115. The fourth-order valence-corrected chi connectivity index (χ4v) is 8.82. The zero-order valence-corrected chi connectivity index (χ0v) is 25.9. The lowest BCUT2D eigenvalue weighted by Crippen LogP contribution is -2.79. The molecular weight excluding hydrogens is 578 g/mol. The van der Waals surface area contributed by atoms with Crippen molar-refractivity contribution in [3.8, 4) is 0 Å². The zero-order chi connectivity index (χ0) is 32.7. The number of methoxy groups -OCH3 is 1. The molecule has 2 heterocycles. The van der Waals surface area contributed by atoms with Gasteiger partial charge in [0.2, 0.25) is 11.7 Å². The van der Waals surface area contributed by atoms with Crippen molar-refractivity contribution in [3.63, 3.8) is 0 Å². The van der Waals surface area contributed by atoms with Gasteiger partial charge in [0.1, 0.15) is 18.2 Å². The van der Waals surface area contributed by atoms with Gasteiger partial charge in [-0.25, -0.2) is 19.2 Å². The first kappa shape index (κ1) is 32.3. The van der Waals surface area contributed by atoms with Crippen molar-refractivity contribution in [3.05, 3.63) is 23.0 Å². The van der Waals surface area contributed by atoms with E-state index in [2.05, 4.69) is 0 Å². The molecule has 13 heteroatoms. The number of hydrogen-bond acceptors (Lipinski definition) is 13. The number of nitrogens with two attached hydrogens (primary N) is 1. The number of ketones is 1. The van der Waals surface area contributed by atoms with Crippen molar-refractivity contribution in [2.45, 2.75) is 90.4 Å².